The maximum Gasteiger partial charge on any atom is 0.265 e. The van der Waals surface area contributed by atoms with Gasteiger partial charge in [-0.15, -0.1) is 0 Å². The number of carbonyl (C=O) groups excluding carboxylic acids is 2. The van der Waals surface area contributed by atoms with Crippen molar-refractivity contribution in [3.8, 4) is 6.07 Å². The largest absolute Gasteiger partial charge is 0.348 e. The Morgan fingerprint density at radius 1 is 1.14 bits per heavy atom. The average Bonchev–Trinajstić information content (AvgIpc) is 3.33. The van der Waals surface area contributed by atoms with E-state index in [9.17, 15) is 18.8 Å². The molecular weight excluding hydrogens is 537 g/mol. The summed E-state index contributed by atoms with van der Waals surface area (Å²) in [7, 11) is 1.85. The third kappa shape index (κ3) is 6.33. The van der Waals surface area contributed by atoms with E-state index in [4.69, 9.17) is 5.26 Å². The zero-order valence-electron chi connectivity index (χ0n) is 25.3. The Labute approximate surface area is 244 Å². The number of nitriles is 1. The fraction of sp³-hybridized carbons (Fsp3) is 0.419. The van der Waals surface area contributed by atoms with Crippen molar-refractivity contribution in [3.63, 3.8) is 0 Å². The van der Waals surface area contributed by atoms with Crippen LogP contribution in [-0.2, 0) is 31.4 Å². The number of hydrogen-bond acceptors (Lipinski definition) is 6. The number of nitrogens with one attached hydrogen (secondary N) is 1. The van der Waals surface area contributed by atoms with Crippen LogP contribution in [0.1, 0.15) is 68.9 Å². The van der Waals surface area contributed by atoms with Gasteiger partial charge in [0.05, 0.1) is 36.4 Å². The number of aryl methyl sites for hydroxylation is 2. The molecule has 222 valence electrons. The number of carbonyl (C=O) groups is 2. The number of pyridine rings is 2. The van der Waals surface area contributed by atoms with Gasteiger partial charge in [-0.2, -0.15) is 5.26 Å². The summed E-state index contributed by atoms with van der Waals surface area (Å²) in [5.74, 6) is -0.241. The molecule has 0 atom stereocenters. The second-order valence-electron chi connectivity index (χ2n) is 9.77. The topological polar surface area (TPSA) is 126 Å². The first-order valence-corrected chi connectivity index (χ1v) is 14.2. The molecule has 1 aliphatic heterocycles. The van der Waals surface area contributed by atoms with Crippen molar-refractivity contribution in [2.45, 2.75) is 66.7 Å². The lowest BCUT2D eigenvalue weighted by atomic mass is 9.99. The Morgan fingerprint density at radius 3 is 2.36 bits per heavy atom. The lowest BCUT2D eigenvalue weighted by Gasteiger charge is -2.42. The van der Waals surface area contributed by atoms with Crippen LogP contribution < -0.4 is 10.9 Å². The highest BCUT2D eigenvalue weighted by Gasteiger charge is 2.41. The molecule has 11 heteroatoms. The number of halogens is 1. The number of hydrogen-bond donors (Lipinski definition) is 1. The summed E-state index contributed by atoms with van der Waals surface area (Å²) in [4.78, 5) is 50.1. The number of alkyl halides is 1. The van der Waals surface area contributed by atoms with Gasteiger partial charge in [-0.05, 0) is 30.7 Å². The zero-order valence-corrected chi connectivity index (χ0v) is 25.3. The normalized spacial score (nSPS) is 13.3. The van der Waals surface area contributed by atoms with Crippen LogP contribution in [0.3, 0.4) is 0 Å². The van der Waals surface area contributed by atoms with Crippen LogP contribution >= 0.6 is 0 Å². The number of rotatable bonds is 6. The van der Waals surface area contributed by atoms with Crippen molar-refractivity contribution in [2.24, 2.45) is 7.05 Å². The van der Waals surface area contributed by atoms with Crippen LogP contribution in [0.25, 0.3) is 22.1 Å². The molecule has 10 nitrogen and oxygen atoms in total. The molecular formula is C31H38FN7O3. The Bertz CT molecular complexity index is 1690. The van der Waals surface area contributed by atoms with Gasteiger partial charge >= 0.3 is 0 Å². The number of aromatic nitrogens is 4. The summed E-state index contributed by atoms with van der Waals surface area (Å²) < 4.78 is 17.1. The van der Waals surface area contributed by atoms with Crippen molar-refractivity contribution in [3.05, 3.63) is 69.4 Å². The van der Waals surface area contributed by atoms with Crippen molar-refractivity contribution in [1.82, 2.24) is 29.3 Å². The molecule has 5 rings (SSSR count). The predicted molar refractivity (Wildman–Crippen MR) is 161 cm³/mol. The van der Waals surface area contributed by atoms with Gasteiger partial charge in [-0.3, -0.25) is 19.0 Å². The SMILES string of the molecule is CC.CC.CCc1nc2cnc3c(cc(C(=O)NCc4ccc(C#N)cc4)c(=O)n3CC(=O)N3CC(C)(F)C3)c2n1C. The fourth-order valence-electron chi connectivity index (χ4n) is 4.83. The minimum atomic E-state index is -1.45. The van der Waals surface area contributed by atoms with Crippen molar-refractivity contribution >= 4 is 33.9 Å². The van der Waals surface area contributed by atoms with Gasteiger partial charge in [0.25, 0.3) is 11.5 Å². The van der Waals surface area contributed by atoms with Gasteiger partial charge in [0.1, 0.15) is 34.8 Å². The van der Waals surface area contributed by atoms with Gasteiger partial charge in [0.15, 0.2) is 0 Å². The molecule has 1 aromatic carbocycles. The standard InChI is InChI=1S/C27H26FN7O3.2C2H6/c1-4-21-32-20-12-30-24-18(23(20)33(21)3)9-19(25(37)31-11-17-7-5-16(10-29)6-8-17)26(38)35(24)13-22(36)34-14-27(2,28)15-34;2*1-2/h5-9,12H,4,11,13-15H2,1-3H3,(H,31,37);2*1-2H3. The third-order valence-electron chi connectivity index (χ3n) is 6.82. The first kappa shape index (κ1) is 31.9. The average molecular weight is 576 g/mol. The lowest BCUT2D eigenvalue weighted by molar-refractivity contribution is -0.144. The molecule has 2 amide bonds. The number of fused-ring (bicyclic) bond motifs is 3. The number of benzene rings is 1. The second kappa shape index (κ2) is 13.4. The molecule has 3 aromatic heterocycles. The van der Waals surface area contributed by atoms with Crippen LogP contribution in [-0.4, -0.2) is 54.6 Å². The first-order valence-electron chi connectivity index (χ1n) is 14.2. The van der Waals surface area contributed by atoms with Crippen LogP contribution in [0.15, 0.2) is 41.3 Å². The summed E-state index contributed by atoms with van der Waals surface area (Å²) in [6.07, 6.45) is 2.21. The summed E-state index contributed by atoms with van der Waals surface area (Å²) in [5.41, 5.74) is 0.519. The molecule has 0 aliphatic carbocycles. The molecule has 0 radical (unpaired) electrons. The second-order valence-corrected chi connectivity index (χ2v) is 9.77. The highest BCUT2D eigenvalue weighted by atomic mass is 19.1. The monoisotopic (exact) mass is 575 g/mol. The summed E-state index contributed by atoms with van der Waals surface area (Å²) in [6.45, 7) is 11.0. The van der Waals surface area contributed by atoms with E-state index in [1.165, 1.54) is 22.5 Å². The van der Waals surface area contributed by atoms with Gasteiger partial charge in [-0.1, -0.05) is 46.8 Å². The highest BCUT2D eigenvalue weighted by Crippen LogP contribution is 2.26. The molecule has 4 heterocycles. The van der Waals surface area contributed by atoms with Crippen LogP contribution in [0.4, 0.5) is 4.39 Å². The van der Waals surface area contributed by atoms with Crippen LogP contribution in [0.5, 0.6) is 0 Å². The molecule has 0 saturated carbocycles. The third-order valence-corrected chi connectivity index (χ3v) is 6.82. The van der Waals surface area contributed by atoms with E-state index in [0.29, 0.717) is 28.4 Å². The number of amides is 2. The number of nitrogens with zero attached hydrogens (tertiary/aromatic N) is 6. The summed E-state index contributed by atoms with van der Waals surface area (Å²) in [6, 6.07) is 10.3. The molecule has 42 heavy (non-hydrogen) atoms. The molecule has 4 aromatic rings. The Morgan fingerprint density at radius 2 is 1.79 bits per heavy atom. The van der Waals surface area contributed by atoms with E-state index >= 15 is 0 Å². The van der Waals surface area contributed by atoms with Gasteiger partial charge in [0.2, 0.25) is 5.91 Å². The van der Waals surface area contributed by atoms with Gasteiger partial charge in [0, 0.05) is 25.4 Å². The van der Waals surface area contributed by atoms with Crippen molar-refractivity contribution in [1.29, 1.82) is 5.26 Å². The van der Waals surface area contributed by atoms with E-state index in [0.717, 1.165) is 11.4 Å². The Kier molecular flexibility index (Phi) is 10.2. The van der Waals surface area contributed by atoms with E-state index in [1.807, 2.05) is 52.3 Å². The Hall–Kier alpha value is -4.59. The first-order chi connectivity index (χ1) is 20.1. The van der Waals surface area contributed by atoms with Crippen LogP contribution in [0, 0.1) is 11.3 Å². The van der Waals surface area contributed by atoms with E-state index in [-0.39, 0.29) is 37.4 Å². The smallest absolute Gasteiger partial charge is 0.265 e. The number of likely N-dealkylation sites (tertiary alicyclic amines) is 1. The minimum absolute atomic E-state index is 0.0530. The molecule has 1 aliphatic rings. The summed E-state index contributed by atoms with van der Waals surface area (Å²) in [5, 5.41) is 12.2. The molecule has 0 bridgehead atoms. The fourth-order valence-corrected chi connectivity index (χ4v) is 4.83. The predicted octanol–water partition coefficient (Wildman–Crippen LogP) is 4.27. The highest BCUT2D eigenvalue weighted by molar-refractivity contribution is 6.05. The maximum absolute atomic E-state index is 14.0. The number of imidazole rings is 1. The maximum atomic E-state index is 14.0. The summed E-state index contributed by atoms with van der Waals surface area (Å²) >= 11 is 0. The van der Waals surface area contributed by atoms with E-state index in [1.54, 1.807) is 30.5 Å². The Balaban J connectivity index is 0.00000116. The van der Waals surface area contributed by atoms with Gasteiger partial charge < -0.3 is 14.8 Å². The molecule has 0 unspecified atom stereocenters. The van der Waals surface area contributed by atoms with Crippen LogP contribution in [0.2, 0.25) is 0 Å². The van der Waals surface area contributed by atoms with E-state index < -0.39 is 23.0 Å². The van der Waals surface area contributed by atoms with Crippen molar-refractivity contribution in [2.75, 3.05) is 13.1 Å². The minimum Gasteiger partial charge on any atom is -0.348 e. The zero-order chi connectivity index (χ0) is 31.2. The van der Waals surface area contributed by atoms with E-state index in [2.05, 4.69) is 15.3 Å². The molecule has 0 spiro atoms. The molecule has 1 saturated heterocycles. The lowest BCUT2D eigenvalue weighted by Crippen LogP contribution is -2.60. The quantitative estimate of drug-likeness (QED) is 0.366. The van der Waals surface area contributed by atoms with Crippen molar-refractivity contribution < 1.29 is 14.0 Å². The molecule has 1 fully saturated rings. The van der Waals surface area contributed by atoms with Gasteiger partial charge in [-0.25, -0.2) is 14.4 Å². The molecule has 1 N–H and O–H groups in total.